The third kappa shape index (κ3) is 3.16. The molecule has 7 heteroatoms. The normalized spacial score (nSPS) is 19.0. The molecule has 1 saturated heterocycles. The van der Waals surface area contributed by atoms with Gasteiger partial charge >= 0.3 is 5.97 Å². The molecule has 1 N–H and O–H groups in total. The lowest BCUT2D eigenvalue weighted by Crippen LogP contribution is -2.31. The summed E-state index contributed by atoms with van der Waals surface area (Å²) in [5.41, 5.74) is 0.511. The van der Waals surface area contributed by atoms with Gasteiger partial charge in [0.05, 0.1) is 16.7 Å². The predicted molar refractivity (Wildman–Crippen MR) is 75.1 cm³/mol. The highest BCUT2D eigenvalue weighted by Gasteiger charge is 2.39. The van der Waals surface area contributed by atoms with E-state index in [1.54, 1.807) is 24.3 Å². The first-order valence-electron chi connectivity index (χ1n) is 5.45. The van der Waals surface area contributed by atoms with Crippen molar-refractivity contribution in [2.24, 2.45) is 0 Å². The minimum atomic E-state index is -0.993. The molecule has 0 bridgehead atoms. The van der Waals surface area contributed by atoms with Gasteiger partial charge < -0.3 is 5.11 Å². The zero-order chi connectivity index (χ0) is 14.0. The van der Waals surface area contributed by atoms with Crippen molar-refractivity contribution in [3.05, 3.63) is 28.7 Å². The molecule has 1 aliphatic rings. The monoisotopic (exact) mass is 343 g/mol. The fourth-order valence-corrected chi connectivity index (χ4v) is 2.88. The zero-order valence-electron chi connectivity index (χ0n) is 9.71. The van der Waals surface area contributed by atoms with Crippen LogP contribution in [0.4, 0.5) is 5.69 Å². The molecule has 2 amide bonds. The molecule has 19 heavy (non-hydrogen) atoms. The second-order valence-electron chi connectivity index (χ2n) is 3.94. The first kappa shape index (κ1) is 14.1. The highest BCUT2D eigenvalue weighted by molar-refractivity contribution is 9.10. The van der Waals surface area contributed by atoms with Gasteiger partial charge in [0.1, 0.15) is 0 Å². The van der Waals surface area contributed by atoms with Gasteiger partial charge in [0, 0.05) is 10.9 Å². The van der Waals surface area contributed by atoms with Gasteiger partial charge in [-0.3, -0.25) is 14.4 Å². The molecule has 1 aromatic carbocycles. The maximum atomic E-state index is 12.1. The molecule has 0 saturated carbocycles. The Morgan fingerprint density at radius 3 is 2.58 bits per heavy atom. The molecule has 1 heterocycles. The quantitative estimate of drug-likeness (QED) is 0.845. The van der Waals surface area contributed by atoms with Crippen LogP contribution < -0.4 is 4.90 Å². The number of amides is 2. The lowest BCUT2D eigenvalue weighted by molar-refractivity contribution is -0.134. The summed E-state index contributed by atoms with van der Waals surface area (Å²) in [6.07, 6.45) is 0.0485. The molecule has 0 unspecified atom stereocenters. The molecule has 0 radical (unpaired) electrons. The van der Waals surface area contributed by atoms with Crippen molar-refractivity contribution in [3.63, 3.8) is 0 Å². The first-order valence-corrected chi connectivity index (χ1v) is 7.29. The smallest absolute Gasteiger partial charge is 0.313 e. The predicted octanol–water partition coefficient (Wildman–Crippen LogP) is 1.90. The Labute approximate surface area is 122 Å². The van der Waals surface area contributed by atoms with E-state index in [2.05, 4.69) is 15.9 Å². The van der Waals surface area contributed by atoms with E-state index < -0.39 is 11.2 Å². The molecular formula is C12H10BrNO4S. The van der Waals surface area contributed by atoms with Crippen molar-refractivity contribution in [3.8, 4) is 0 Å². The van der Waals surface area contributed by atoms with Crippen molar-refractivity contribution in [2.45, 2.75) is 11.7 Å². The molecule has 2 rings (SSSR count). The number of hydrogen-bond donors (Lipinski definition) is 1. The molecule has 0 spiro atoms. The zero-order valence-corrected chi connectivity index (χ0v) is 12.1. The highest BCUT2D eigenvalue weighted by Crippen LogP contribution is 2.30. The van der Waals surface area contributed by atoms with E-state index in [1.807, 2.05) is 0 Å². The molecule has 5 nitrogen and oxygen atoms in total. The number of imide groups is 1. The molecule has 1 aromatic rings. The van der Waals surface area contributed by atoms with Crippen LogP contribution in [-0.4, -0.2) is 33.9 Å². The van der Waals surface area contributed by atoms with Crippen LogP contribution in [-0.2, 0) is 14.4 Å². The fraction of sp³-hybridized carbons (Fsp3) is 0.250. The summed E-state index contributed by atoms with van der Waals surface area (Å²) in [6, 6.07) is 6.83. The number of rotatable bonds is 4. The third-order valence-electron chi connectivity index (χ3n) is 2.60. The Bertz CT molecular complexity index is 531. The van der Waals surface area contributed by atoms with E-state index in [4.69, 9.17) is 5.11 Å². The summed E-state index contributed by atoms with van der Waals surface area (Å²) < 4.78 is 0.854. The number of aliphatic carboxylic acids is 1. The van der Waals surface area contributed by atoms with Crippen LogP contribution in [0.5, 0.6) is 0 Å². The van der Waals surface area contributed by atoms with Crippen molar-refractivity contribution >= 4 is 51.2 Å². The largest absolute Gasteiger partial charge is 0.481 e. The lowest BCUT2D eigenvalue weighted by atomic mass is 10.3. The second-order valence-corrected chi connectivity index (χ2v) is 6.05. The van der Waals surface area contributed by atoms with Crippen LogP contribution in [0.2, 0.25) is 0 Å². The van der Waals surface area contributed by atoms with E-state index >= 15 is 0 Å². The van der Waals surface area contributed by atoms with Crippen LogP contribution >= 0.6 is 27.7 Å². The number of anilines is 1. The number of carbonyl (C=O) groups excluding carboxylic acids is 2. The summed E-state index contributed by atoms with van der Waals surface area (Å²) >= 11 is 4.26. The number of carboxylic acids is 1. The highest BCUT2D eigenvalue weighted by atomic mass is 79.9. The average Bonchev–Trinajstić information content (AvgIpc) is 2.63. The number of halogens is 1. The van der Waals surface area contributed by atoms with Crippen LogP contribution in [0.15, 0.2) is 28.7 Å². The van der Waals surface area contributed by atoms with E-state index in [-0.39, 0.29) is 24.0 Å². The Balaban J connectivity index is 2.14. The SMILES string of the molecule is O=C(O)CS[C@H]1CC(=O)N(c2ccc(Br)cc2)C1=O. The standard InChI is InChI=1S/C12H10BrNO4S/c13-7-1-3-8(4-2-7)14-10(15)5-9(12(14)18)19-6-11(16)17/h1-4,9H,5-6H2,(H,16,17)/t9-/m0/s1. The van der Waals surface area contributed by atoms with E-state index in [0.29, 0.717) is 5.69 Å². The van der Waals surface area contributed by atoms with E-state index in [1.165, 1.54) is 0 Å². The second kappa shape index (κ2) is 5.75. The van der Waals surface area contributed by atoms with Crippen LogP contribution in [0.25, 0.3) is 0 Å². The third-order valence-corrected chi connectivity index (χ3v) is 4.31. The van der Waals surface area contributed by atoms with E-state index in [9.17, 15) is 14.4 Å². The molecule has 1 aliphatic heterocycles. The van der Waals surface area contributed by atoms with Gasteiger partial charge in [-0.2, -0.15) is 0 Å². The minimum Gasteiger partial charge on any atom is -0.481 e. The van der Waals surface area contributed by atoms with Gasteiger partial charge in [0.15, 0.2) is 0 Å². The molecule has 0 aromatic heterocycles. The minimum absolute atomic E-state index is 0.0485. The van der Waals surface area contributed by atoms with Crippen molar-refractivity contribution in [1.29, 1.82) is 0 Å². The average molecular weight is 344 g/mol. The molecule has 100 valence electrons. The van der Waals surface area contributed by atoms with Gasteiger partial charge in [0.2, 0.25) is 11.8 Å². The van der Waals surface area contributed by atoms with Crippen LogP contribution in [0.3, 0.4) is 0 Å². The molecular weight excluding hydrogens is 334 g/mol. The van der Waals surface area contributed by atoms with Gasteiger partial charge in [-0.05, 0) is 24.3 Å². The summed E-state index contributed by atoms with van der Waals surface area (Å²) in [4.78, 5) is 35.6. The van der Waals surface area contributed by atoms with Gasteiger partial charge in [-0.15, -0.1) is 11.8 Å². The van der Waals surface area contributed by atoms with Crippen molar-refractivity contribution in [2.75, 3.05) is 10.7 Å². The van der Waals surface area contributed by atoms with Crippen LogP contribution in [0.1, 0.15) is 6.42 Å². The Morgan fingerprint density at radius 1 is 1.37 bits per heavy atom. The molecule has 1 fully saturated rings. The first-order chi connectivity index (χ1) is 8.99. The van der Waals surface area contributed by atoms with Gasteiger partial charge in [0.25, 0.3) is 0 Å². The number of carboxylic acid groups (broad SMARTS) is 1. The number of thioether (sulfide) groups is 1. The summed E-state index contributed by atoms with van der Waals surface area (Å²) in [6.45, 7) is 0. The van der Waals surface area contributed by atoms with E-state index in [0.717, 1.165) is 21.1 Å². The molecule has 0 aliphatic carbocycles. The van der Waals surface area contributed by atoms with Crippen LogP contribution in [0, 0.1) is 0 Å². The van der Waals surface area contributed by atoms with Gasteiger partial charge in [-0.25, -0.2) is 4.90 Å². The fourth-order valence-electron chi connectivity index (χ4n) is 1.77. The lowest BCUT2D eigenvalue weighted by Gasteiger charge is -2.14. The maximum Gasteiger partial charge on any atom is 0.313 e. The number of hydrogen-bond acceptors (Lipinski definition) is 4. The molecule has 1 atom stereocenters. The maximum absolute atomic E-state index is 12.1. The van der Waals surface area contributed by atoms with Gasteiger partial charge in [-0.1, -0.05) is 15.9 Å². The topological polar surface area (TPSA) is 74.7 Å². The summed E-state index contributed by atoms with van der Waals surface area (Å²) in [5, 5.41) is 8.00. The number of nitrogens with zero attached hydrogens (tertiary/aromatic N) is 1. The Kier molecular flexibility index (Phi) is 4.26. The summed E-state index contributed by atoms with van der Waals surface area (Å²) in [7, 11) is 0. The van der Waals surface area contributed by atoms with Crippen molar-refractivity contribution < 1.29 is 19.5 Å². The Morgan fingerprint density at radius 2 is 2.00 bits per heavy atom. The Hall–Kier alpha value is -1.34. The number of benzene rings is 1. The van der Waals surface area contributed by atoms with Crippen molar-refractivity contribution in [1.82, 2.24) is 0 Å². The number of carbonyl (C=O) groups is 3. The summed E-state index contributed by atoms with van der Waals surface area (Å²) in [5.74, 6) is -1.82.